The Balaban J connectivity index is 2.23. The monoisotopic (exact) mass is 240 g/mol. The summed E-state index contributed by atoms with van der Waals surface area (Å²) >= 11 is 2.99. The zero-order valence-corrected chi connectivity index (χ0v) is 9.56. The van der Waals surface area contributed by atoms with E-state index in [2.05, 4.69) is 9.97 Å². The van der Waals surface area contributed by atoms with Gasteiger partial charge in [-0.3, -0.25) is 4.79 Å². The fraction of sp³-hybridized carbons (Fsp3) is 0.222. The zero-order valence-electron chi connectivity index (χ0n) is 7.93. The molecule has 1 N–H and O–H groups in total. The molecule has 0 aromatic carbocycles. The lowest BCUT2D eigenvalue weighted by atomic mass is 10.3. The molecular weight excluding hydrogens is 232 g/mol. The van der Waals surface area contributed by atoms with Crippen molar-refractivity contribution in [2.75, 3.05) is 0 Å². The van der Waals surface area contributed by atoms with Gasteiger partial charge in [0.25, 0.3) is 0 Å². The second kappa shape index (κ2) is 4.08. The fourth-order valence-corrected chi connectivity index (χ4v) is 2.57. The van der Waals surface area contributed by atoms with E-state index >= 15 is 0 Å². The summed E-state index contributed by atoms with van der Waals surface area (Å²) in [4.78, 5) is 19.0. The number of carboxylic acid groups (broad SMARTS) is 1. The third-order valence-corrected chi connectivity index (χ3v) is 3.41. The largest absolute Gasteiger partial charge is 0.481 e. The Hall–Kier alpha value is -1.27. The van der Waals surface area contributed by atoms with Crippen molar-refractivity contribution in [3.8, 4) is 10.7 Å². The lowest BCUT2D eigenvalue weighted by molar-refractivity contribution is -0.136. The second-order valence-electron chi connectivity index (χ2n) is 2.97. The third-order valence-electron chi connectivity index (χ3n) is 1.72. The quantitative estimate of drug-likeness (QED) is 0.893. The molecule has 0 aliphatic carbocycles. The van der Waals surface area contributed by atoms with Gasteiger partial charge in [0.05, 0.1) is 17.1 Å². The van der Waals surface area contributed by atoms with Crippen molar-refractivity contribution in [1.29, 1.82) is 0 Å². The summed E-state index contributed by atoms with van der Waals surface area (Å²) in [5.41, 5.74) is 1.42. The van der Waals surface area contributed by atoms with Crippen molar-refractivity contribution in [3.63, 3.8) is 0 Å². The molecule has 6 heteroatoms. The van der Waals surface area contributed by atoms with Crippen LogP contribution in [0.3, 0.4) is 0 Å². The lowest BCUT2D eigenvalue weighted by Gasteiger charge is -1.88. The van der Waals surface area contributed by atoms with Crippen LogP contribution in [0, 0.1) is 6.92 Å². The van der Waals surface area contributed by atoms with Crippen molar-refractivity contribution < 1.29 is 9.90 Å². The van der Waals surface area contributed by atoms with Crippen LogP contribution in [0.5, 0.6) is 0 Å². The summed E-state index contributed by atoms with van der Waals surface area (Å²) < 4.78 is 0. The van der Waals surface area contributed by atoms with Gasteiger partial charge in [-0.15, -0.1) is 22.7 Å². The molecule has 4 nitrogen and oxygen atoms in total. The molecule has 0 saturated carbocycles. The van der Waals surface area contributed by atoms with E-state index in [9.17, 15) is 4.79 Å². The van der Waals surface area contributed by atoms with Gasteiger partial charge >= 0.3 is 5.97 Å². The maximum absolute atomic E-state index is 10.5. The first-order chi connectivity index (χ1) is 7.15. The Morgan fingerprint density at radius 2 is 2.20 bits per heavy atom. The van der Waals surface area contributed by atoms with Gasteiger partial charge in [0.15, 0.2) is 0 Å². The van der Waals surface area contributed by atoms with Crippen LogP contribution in [-0.4, -0.2) is 21.0 Å². The lowest BCUT2D eigenvalue weighted by Crippen LogP contribution is -1.99. The predicted octanol–water partition coefficient (Wildman–Crippen LogP) is 2.20. The average Bonchev–Trinajstić information content (AvgIpc) is 2.72. The van der Waals surface area contributed by atoms with Gasteiger partial charge in [-0.1, -0.05) is 0 Å². The average molecular weight is 240 g/mol. The van der Waals surface area contributed by atoms with E-state index in [0.717, 1.165) is 15.7 Å². The summed E-state index contributed by atoms with van der Waals surface area (Å²) in [6.07, 6.45) is -0.0282. The predicted molar refractivity (Wildman–Crippen MR) is 59.3 cm³/mol. The van der Waals surface area contributed by atoms with E-state index in [-0.39, 0.29) is 6.42 Å². The number of aryl methyl sites for hydroxylation is 1. The van der Waals surface area contributed by atoms with Gasteiger partial charge in [0.2, 0.25) is 0 Å². The number of nitrogens with zero attached hydrogens (tertiary/aromatic N) is 2. The molecule has 0 spiro atoms. The maximum Gasteiger partial charge on any atom is 0.309 e. The first-order valence-electron chi connectivity index (χ1n) is 4.24. The fourth-order valence-electron chi connectivity index (χ4n) is 1.12. The molecular formula is C9H8N2O2S2. The van der Waals surface area contributed by atoms with E-state index < -0.39 is 5.97 Å². The number of aromatic nitrogens is 2. The van der Waals surface area contributed by atoms with Crippen molar-refractivity contribution in [1.82, 2.24) is 9.97 Å². The minimum absolute atomic E-state index is 0.0282. The molecule has 0 fully saturated rings. The molecule has 0 aliphatic rings. The van der Waals surface area contributed by atoms with E-state index in [4.69, 9.17) is 5.11 Å². The summed E-state index contributed by atoms with van der Waals surface area (Å²) in [6, 6.07) is 0. The number of aliphatic carboxylic acids is 1. The highest BCUT2D eigenvalue weighted by molar-refractivity contribution is 7.14. The van der Waals surface area contributed by atoms with Crippen LogP contribution in [0.2, 0.25) is 0 Å². The van der Waals surface area contributed by atoms with Gasteiger partial charge in [0.1, 0.15) is 10.7 Å². The Morgan fingerprint density at radius 3 is 2.80 bits per heavy atom. The van der Waals surface area contributed by atoms with E-state index in [0.29, 0.717) is 5.69 Å². The highest BCUT2D eigenvalue weighted by Gasteiger charge is 2.09. The SMILES string of the molecule is Cc1nc(-c2nc(CC(=O)O)cs2)cs1. The van der Waals surface area contributed by atoms with E-state index in [1.807, 2.05) is 12.3 Å². The zero-order chi connectivity index (χ0) is 10.8. The van der Waals surface area contributed by atoms with E-state index in [1.165, 1.54) is 11.3 Å². The first kappa shape index (κ1) is 10.3. The van der Waals surface area contributed by atoms with Crippen molar-refractivity contribution in [2.24, 2.45) is 0 Å². The van der Waals surface area contributed by atoms with Crippen LogP contribution in [-0.2, 0) is 11.2 Å². The smallest absolute Gasteiger partial charge is 0.309 e. The molecule has 0 bridgehead atoms. The number of hydrogen-bond donors (Lipinski definition) is 1. The van der Waals surface area contributed by atoms with Gasteiger partial charge in [-0.2, -0.15) is 0 Å². The van der Waals surface area contributed by atoms with Gasteiger partial charge in [0, 0.05) is 10.8 Å². The van der Waals surface area contributed by atoms with Gasteiger partial charge < -0.3 is 5.11 Å². The summed E-state index contributed by atoms with van der Waals surface area (Å²) in [6.45, 7) is 1.93. The van der Waals surface area contributed by atoms with Crippen LogP contribution in [0.4, 0.5) is 0 Å². The topological polar surface area (TPSA) is 63.1 Å². The molecule has 0 aliphatic heterocycles. The first-order valence-corrected chi connectivity index (χ1v) is 6.00. The summed E-state index contributed by atoms with van der Waals surface area (Å²) in [7, 11) is 0. The minimum Gasteiger partial charge on any atom is -0.481 e. The van der Waals surface area contributed by atoms with Crippen LogP contribution in [0.25, 0.3) is 10.7 Å². The van der Waals surface area contributed by atoms with Crippen LogP contribution >= 0.6 is 22.7 Å². The normalized spacial score (nSPS) is 10.5. The molecule has 0 atom stereocenters. The highest BCUT2D eigenvalue weighted by atomic mass is 32.1. The maximum atomic E-state index is 10.5. The van der Waals surface area contributed by atoms with Crippen molar-refractivity contribution in [2.45, 2.75) is 13.3 Å². The molecule has 2 aromatic rings. The number of carbonyl (C=O) groups is 1. The van der Waals surface area contributed by atoms with Gasteiger partial charge in [-0.05, 0) is 6.92 Å². The van der Waals surface area contributed by atoms with Crippen molar-refractivity contribution >= 4 is 28.6 Å². The minimum atomic E-state index is -0.860. The molecule has 0 unspecified atom stereocenters. The summed E-state index contributed by atoms with van der Waals surface area (Å²) in [5.74, 6) is -0.860. The molecule has 2 aromatic heterocycles. The number of hydrogen-bond acceptors (Lipinski definition) is 5. The van der Waals surface area contributed by atoms with Crippen molar-refractivity contribution in [3.05, 3.63) is 21.5 Å². The molecule has 0 saturated heterocycles. The summed E-state index contributed by atoms with van der Waals surface area (Å²) in [5, 5.41) is 14.1. The molecule has 15 heavy (non-hydrogen) atoms. The van der Waals surface area contributed by atoms with Gasteiger partial charge in [-0.25, -0.2) is 9.97 Å². The Bertz CT molecular complexity index is 490. The van der Waals surface area contributed by atoms with Crippen LogP contribution < -0.4 is 0 Å². The molecule has 78 valence electrons. The Morgan fingerprint density at radius 1 is 1.40 bits per heavy atom. The number of rotatable bonds is 3. The Kier molecular flexibility index (Phi) is 2.79. The standard InChI is InChI=1S/C9H8N2O2S2/c1-5-10-7(4-14-5)9-11-6(3-15-9)2-8(12)13/h3-4H,2H2,1H3,(H,12,13). The number of carboxylic acids is 1. The van der Waals surface area contributed by atoms with Crippen LogP contribution in [0.1, 0.15) is 10.7 Å². The Labute approximate surface area is 94.3 Å². The highest BCUT2D eigenvalue weighted by Crippen LogP contribution is 2.25. The molecule has 2 heterocycles. The number of thiazole rings is 2. The second-order valence-corrected chi connectivity index (χ2v) is 4.89. The molecule has 2 rings (SSSR count). The third kappa shape index (κ3) is 2.40. The molecule has 0 radical (unpaired) electrons. The van der Waals surface area contributed by atoms with Crippen LogP contribution in [0.15, 0.2) is 10.8 Å². The molecule has 0 amide bonds. The van der Waals surface area contributed by atoms with E-state index in [1.54, 1.807) is 16.7 Å².